The third-order valence-electron chi connectivity index (χ3n) is 5.04. The highest BCUT2D eigenvalue weighted by Gasteiger charge is 2.18. The largest absolute Gasteiger partial charge is 0.366 e. The predicted octanol–water partition coefficient (Wildman–Crippen LogP) is 5.11. The van der Waals surface area contributed by atoms with E-state index in [0.717, 1.165) is 36.1 Å². The number of aryl methyl sites for hydroxylation is 1. The summed E-state index contributed by atoms with van der Waals surface area (Å²) in [5.41, 5.74) is 8.69. The second-order valence-electron chi connectivity index (χ2n) is 7.04. The van der Waals surface area contributed by atoms with Crippen LogP contribution in [0.4, 0.5) is 13.2 Å². The van der Waals surface area contributed by atoms with Crippen molar-refractivity contribution in [2.75, 3.05) is 0 Å². The van der Waals surface area contributed by atoms with Crippen molar-refractivity contribution < 1.29 is 18.0 Å². The zero-order valence-electron chi connectivity index (χ0n) is 15.7. The Kier molecular flexibility index (Phi) is 4.78. The van der Waals surface area contributed by atoms with Crippen LogP contribution in [0.25, 0.3) is 21.8 Å². The highest BCUT2D eigenvalue weighted by molar-refractivity contribution is 6.17. The van der Waals surface area contributed by atoms with E-state index in [1.807, 2.05) is 22.8 Å². The van der Waals surface area contributed by atoms with Crippen LogP contribution in [0, 0.1) is 23.5 Å². The molecule has 0 aliphatic carbocycles. The van der Waals surface area contributed by atoms with E-state index in [0.29, 0.717) is 21.9 Å². The minimum atomic E-state index is -1.49. The minimum absolute atomic E-state index is 0.0970. The SMILES string of the molecule is CCCc1c[c]c2c3c(C(N)=O)cccc3n(Cc3cc(F)c(F)c(F)c3)c2c1. The van der Waals surface area contributed by atoms with Crippen LogP contribution in [0.15, 0.2) is 42.5 Å². The molecule has 0 aliphatic rings. The molecule has 6 heteroatoms. The Morgan fingerprint density at radius 2 is 1.79 bits per heavy atom. The zero-order valence-corrected chi connectivity index (χ0v) is 15.7. The van der Waals surface area contributed by atoms with Crippen LogP contribution in [0.1, 0.15) is 34.8 Å². The molecule has 0 aliphatic heterocycles. The molecule has 1 radical (unpaired) electrons. The summed E-state index contributed by atoms with van der Waals surface area (Å²) in [5.74, 6) is -4.54. The number of carbonyl (C=O) groups excluding carboxylic acids is 1. The summed E-state index contributed by atoms with van der Waals surface area (Å²) < 4.78 is 42.7. The standard InChI is InChI=1S/C23H18F3N2O/c1-2-4-13-7-8-15-20(11-13)28(12-14-9-17(24)22(26)18(25)10-14)19-6-3-5-16(21(15)19)23(27)29/h3,5-7,9-11H,2,4,12H2,1H3,(H2,27,29). The molecular formula is C23H18F3N2O. The third kappa shape index (κ3) is 3.24. The number of amides is 1. The van der Waals surface area contributed by atoms with Crippen LogP contribution in [0.2, 0.25) is 0 Å². The number of rotatable bonds is 5. The Labute approximate surface area is 165 Å². The van der Waals surface area contributed by atoms with Crippen LogP contribution in [0.5, 0.6) is 0 Å². The van der Waals surface area contributed by atoms with E-state index in [1.54, 1.807) is 12.1 Å². The van der Waals surface area contributed by atoms with Crippen molar-refractivity contribution in [2.24, 2.45) is 5.73 Å². The van der Waals surface area contributed by atoms with Crippen LogP contribution in [-0.4, -0.2) is 10.5 Å². The van der Waals surface area contributed by atoms with Gasteiger partial charge >= 0.3 is 0 Å². The summed E-state index contributed by atoms with van der Waals surface area (Å²) in [6, 6.07) is 14.2. The number of nitrogens with zero attached hydrogens (tertiary/aromatic N) is 1. The number of benzene rings is 3. The van der Waals surface area contributed by atoms with E-state index in [9.17, 15) is 18.0 Å². The molecule has 0 fully saturated rings. The lowest BCUT2D eigenvalue weighted by molar-refractivity contribution is 0.100. The molecule has 0 saturated heterocycles. The lowest BCUT2D eigenvalue weighted by Gasteiger charge is -2.10. The van der Waals surface area contributed by atoms with E-state index in [1.165, 1.54) is 0 Å². The third-order valence-corrected chi connectivity index (χ3v) is 5.04. The quantitative estimate of drug-likeness (QED) is 0.469. The van der Waals surface area contributed by atoms with Crippen LogP contribution < -0.4 is 5.73 Å². The van der Waals surface area contributed by atoms with Crippen LogP contribution in [0.3, 0.4) is 0 Å². The monoisotopic (exact) mass is 395 g/mol. The number of hydrogen-bond acceptors (Lipinski definition) is 1. The van der Waals surface area contributed by atoms with Crippen molar-refractivity contribution in [3.63, 3.8) is 0 Å². The molecule has 3 aromatic carbocycles. The van der Waals surface area contributed by atoms with Crippen molar-refractivity contribution in [1.29, 1.82) is 0 Å². The maximum absolute atomic E-state index is 13.7. The molecule has 1 amide bonds. The Hall–Kier alpha value is -3.28. The van der Waals surface area contributed by atoms with Gasteiger partial charge in [0, 0.05) is 22.9 Å². The van der Waals surface area contributed by atoms with E-state index in [4.69, 9.17) is 5.73 Å². The minimum Gasteiger partial charge on any atom is -0.366 e. The smallest absolute Gasteiger partial charge is 0.249 e. The van der Waals surface area contributed by atoms with Crippen molar-refractivity contribution >= 4 is 27.7 Å². The van der Waals surface area contributed by atoms with Crippen LogP contribution in [-0.2, 0) is 13.0 Å². The van der Waals surface area contributed by atoms with E-state index in [2.05, 4.69) is 13.0 Å². The van der Waals surface area contributed by atoms with Crippen molar-refractivity contribution in [2.45, 2.75) is 26.3 Å². The Morgan fingerprint density at radius 3 is 2.45 bits per heavy atom. The van der Waals surface area contributed by atoms with Gasteiger partial charge in [0.1, 0.15) is 0 Å². The maximum atomic E-state index is 13.7. The van der Waals surface area contributed by atoms with Gasteiger partial charge in [-0.3, -0.25) is 4.79 Å². The molecule has 29 heavy (non-hydrogen) atoms. The molecule has 0 bridgehead atoms. The number of nitrogens with two attached hydrogens (primary N) is 1. The second kappa shape index (κ2) is 7.28. The molecule has 1 heterocycles. The summed E-state index contributed by atoms with van der Waals surface area (Å²) in [6.07, 6.45) is 1.79. The molecule has 0 saturated carbocycles. The van der Waals surface area contributed by atoms with Crippen molar-refractivity contribution in [1.82, 2.24) is 4.57 Å². The topological polar surface area (TPSA) is 48.0 Å². The first-order valence-electron chi connectivity index (χ1n) is 9.29. The number of aromatic nitrogens is 1. The molecule has 1 aromatic heterocycles. The first-order valence-corrected chi connectivity index (χ1v) is 9.29. The fraction of sp³-hybridized carbons (Fsp3) is 0.174. The molecule has 0 spiro atoms. The summed E-state index contributed by atoms with van der Waals surface area (Å²) in [5, 5.41) is 1.35. The average Bonchev–Trinajstić information content (AvgIpc) is 2.99. The van der Waals surface area contributed by atoms with E-state index >= 15 is 0 Å². The van der Waals surface area contributed by atoms with Gasteiger partial charge in [0.05, 0.1) is 11.0 Å². The van der Waals surface area contributed by atoms with E-state index in [-0.39, 0.29) is 12.1 Å². The predicted molar refractivity (Wildman–Crippen MR) is 106 cm³/mol. The summed E-state index contributed by atoms with van der Waals surface area (Å²) in [7, 11) is 0. The second-order valence-corrected chi connectivity index (χ2v) is 7.04. The lowest BCUT2D eigenvalue weighted by atomic mass is 10.0. The molecule has 4 aromatic rings. The molecule has 2 N–H and O–H groups in total. The number of primary amides is 1. The molecule has 3 nitrogen and oxygen atoms in total. The van der Waals surface area contributed by atoms with Gasteiger partial charge in [-0.2, -0.15) is 0 Å². The Balaban J connectivity index is 2.01. The van der Waals surface area contributed by atoms with Gasteiger partial charge in [-0.15, -0.1) is 0 Å². The van der Waals surface area contributed by atoms with Gasteiger partial charge < -0.3 is 10.3 Å². The number of carbonyl (C=O) groups is 1. The van der Waals surface area contributed by atoms with Gasteiger partial charge in [-0.25, -0.2) is 13.2 Å². The van der Waals surface area contributed by atoms with Gasteiger partial charge in [-0.05, 0) is 53.9 Å². The van der Waals surface area contributed by atoms with Crippen LogP contribution >= 0.6 is 0 Å². The summed E-state index contributed by atoms with van der Waals surface area (Å²) in [4.78, 5) is 12.0. The summed E-state index contributed by atoms with van der Waals surface area (Å²) in [6.45, 7) is 2.16. The first kappa shape index (κ1) is 19.1. The lowest BCUT2D eigenvalue weighted by Crippen LogP contribution is -2.11. The zero-order chi connectivity index (χ0) is 20.7. The Morgan fingerprint density at radius 1 is 1.07 bits per heavy atom. The molecule has 0 unspecified atom stereocenters. The average molecular weight is 395 g/mol. The molecule has 4 rings (SSSR count). The molecule has 147 valence electrons. The maximum Gasteiger partial charge on any atom is 0.249 e. The highest BCUT2D eigenvalue weighted by Crippen LogP contribution is 2.33. The Bertz CT molecular complexity index is 1240. The van der Waals surface area contributed by atoms with Gasteiger partial charge in [0.25, 0.3) is 0 Å². The van der Waals surface area contributed by atoms with Crippen molar-refractivity contribution in [3.8, 4) is 0 Å². The fourth-order valence-electron chi connectivity index (χ4n) is 3.79. The van der Waals surface area contributed by atoms with E-state index < -0.39 is 23.4 Å². The number of halogens is 3. The fourth-order valence-corrected chi connectivity index (χ4v) is 3.79. The highest BCUT2D eigenvalue weighted by atomic mass is 19.2. The molecule has 0 atom stereocenters. The number of hydrogen-bond donors (Lipinski definition) is 1. The van der Waals surface area contributed by atoms with Crippen molar-refractivity contribution in [3.05, 3.63) is 82.7 Å². The first-order chi connectivity index (χ1) is 13.9. The molecular weight excluding hydrogens is 377 g/mol. The normalized spacial score (nSPS) is 11.4. The number of fused-ring (bicyclic) bond motifs is 3. The van der Waals surface area contributed by atoms with Gasteiger partial charge in [-0.1, -0.05) is 25.5 Å². The van der Waals surface area contributed by atoms with Gasteiger partial charge in [0.15, 0.2) is 17.5 Å². The van der Waals surface area contributed by atoms with Gasteiger partial charge in [0.2, 0.25) is 5.91 Å². The summed E-state index contributed by atoms with van der Waals surface area (Å²) >= 11 is 0.